The van der Waals surface area contributed by atoms with Crippen LogP contribution in [0.2, 0.25) is 0 Å². The van der Waals surface area contributed by atoms with Crippen LogP contribution in [0.25, 0.3) is 10.7 Å². The number of fused-ring (bicyclic) bond motifs is 1. The van der Waals surface area contributed by atoms with E-state index < -0.39 is 0 Å². The quantitative estimate of drug-likeness (QED) is 0.674. The van der Waals surface area contributed by atoms with E-state index in [1.54, 1.807) is 11.3 Å². The first-order valence-electron chi connectivity index (χ1n) is 8.60. The van der Waals surface area contributed by atoms with Gasteiger partial charge in [0.2, 0.25) is 17.6 Å². The highest BCUT2D eigenvalue weighted by molar-refractivity contribution is 7.99. The van der Waals surface area contributed by atoms with Crippen LogP contribution in [0.1, 0.15) is 30.4 Å². The summed E-state index contributed by atoms with van der Waals surface area (Å²) in [5, 5.41) is 8.77. The number of anilines is 1. The summed E-state index contributed by atoms with van der Waals surface area (Å²) in [5.74, 6) is 1.64. The van der Waals surface area contributed by atoms with Gasteiger partial charge in [-0.15, -0.1) is 23.1 Å². The third-order valence-corrected chi connectivity index (χ3v) is 6.40. The zero-order valence-electron chi connectivity index (χ0n) is 14.4. The molecule has 0 aliphatic heterocycles. The van der Waals surface area contributed by atoms with Gasteiger partial charge in [-0.25, -0.2) is 0 Å². The summed E-state index contributed by atoms with van der Waals surface area (Å²) < 4.78 is 5.28. The van der Waals surface area contributed by atoms with E-state index in [4.69, 9.17) is 4.52 Å². The number of aromatic nitrogens is 2. The average molecular weight is 386 g/mol. The number of thioether (sulfide) groups is 1. The van der Waals surface area contributed by atoms with Crippen molar-refractivity contribution in [2.24, 2.45) is 0 Å². The highest BCUT2D eigenvalue weighted by Crippen LogP contribution is 2.26. The predicted octanol–water partition coefficient (Wildman–Crippen LogP) is 4.55. The van der Waals surface area contributed by atoms with Crippen molar-refractivity contribution >= 4 is 34.7 Å². The molecule has 0 saturated heterocycles. The number of thiophene rings is 1. The van der Waals surface area contributed by atoms with Crippen molar-refractivity contribution < 1.29 is 9.32 Å². The van der Waals surface area contributed by atoms with Crippen molar-refractivity contribution in [2.75, 3.05) is 5.32 Å². The van der Waals surface area contributed by atoms with E-state index in [1.807, 2.05) is 30.5 Å². The van der Waals surface area contributed by atoms with E-state index in [0.717, 1.165) is 23.4 Å². The maximum absolute atomic E-state index is 12.4. The molecule has 2 heterocycles. The molecule has 0 spiro atoms. The number of carbonyl (C=O) groups excluding carboxylic acids is 1. The summed E-state index contributed by atoms with van der Waals surface area (Å²) in [5.41, 5.74) is 3.64. The lowest BCUT2D eigenvalue weighted by Gasteiger charge is -2.12. The Morgan fingerprint density at radius 1 is 1.35 bits per heavy atom. The summed E-state index contributed by atoms with van der Waals surface area (Å²) in [6, 6.07) is 10.1. The lowest BCUT2D eigenvalue weighted by molar-refractivity contribution is -0.115. The maximum Gasteiger partial charge on any atom is 0.237 e. The van der Waals surface area contributed by atoms with E-state index >= 15 is 0 Å². The molecule has 0 fully saturated rings. The number of amides is 1. The molecule has 134 valence electrons. The summed E-state index contributed by atoms with van der Waals surface area (Å²) in [6.07, 6.45) is 3.46. The Bertz CT molecular complexity index is 905. The standard InChI is InChI=1S/C19H19N3O2S2/c1-12(19(23)20-15-8-7-13-4-2-5-14(13)10-15)26-11-17-21-18(22-24-17)16-6-3-9-25-16/h3,6-10,12H,2,4-5,11H2,1H3,(H,20,23)/t12-/m1/s1. The molecular weight excluding hydrogens is 366 g/mol. The molecule has 0 radical (unpaired) electrons. The minimum absolute atomic E-state index is 0.00839. The van der Waals surface area contributed by atoms with Crippen LogP contribution in [0.15, 0.2) is 40.2 Å². The molecule has 1 aliphatic rings. The van der Waals surface area contributed by atoms with Gasteiger partial charge in [0.25, 0.3) is 0 Å². The van der Waals surface area contributed by atoms with E-state index in [0.29, 0.717) is 17.5 Å². The van der Waals surface area contributed by atoms with Crippen LogP contribution in [0.5, 0.6) is 0 Å². The highest BCUT2D eigenvalue weighted by atomic mass is 32.2. The second-order valence-corrected chi connectivity index (χ2v) is 8.55. The molecule has 1 N–H and O–H groups in total. The van der Waals surface area contributed by atoms with Crippen LogP contribution in [0, 0.1) is 0 Å². The summed E-state index contributed by atoms with van der Waals surface area (Å²) in [6.45, 7) is 1.89. The fourth-order valence-corrected chi connectivity index (χ4v) is 4.35. The van der Waals surface area contributed by atoms with Gasteiger partial charge in [0.15, 0.2) is 0 Å². The van der Waals surface area contributed by atoms with E-state index in [2.05, 4.69) is 27.6 Å². The Morgan fingerprint density at radius 2 is 2.23 bits per heavy atom. The van der Waals surface area contributed by atoms with Gasteiger partial charge in [0.05, 0.1) is 15.9 Å². The Kier molecular flexibility index (Phi) is 5.08. The van der Waals surface area contributed by atoms with E-state index in [-0.39, 0.29) is 11.2 Å². The lowest BCUT2D eigenvalue weighted by atomic mass is 10.1. The fraction of sp³-hybridized carbons (Fsp3) is 0.316. The Balaban J connectivity index is 1.31. The maximum atomic E-state index is 12.4. The molecule has 1 amide bonds. The molecule has 0 bridgehead atoms. The van der Waals surface area contributed by atoms with Gasteiger partial charge < -0.3 is 9.84 Å². The van der Waals surface area contributed by atoms with Crippen molar-refractivity contribution in [3.63, 3.8) is 0 Å². The monoisotopic (exact) mass is 385 g/mol. The minimum Gasteiger partial charge on any atom is -0.338 e. The SMILES string of the molecule is C[C@@H](SCc1nc(-c2cccs2)no1)C(=O)Nc1ccc2c(c1)CCC2. The molecule has 0 saturated carbocycles. The number of aryl methyl sites for hydroxylation is 2. The first-order chi connectivity index (χ1) is 12.7. The van der Waals surface area contributed by atoms with Crippen LogP contribution in [0.4, 0.5) is 5.69 Å². The first kappa shape index (κ1) is 17.3. The van der Waals surface area contributed by atoms with E-state index in [9.17, 15) is 4.79 Å². The number of nitrogens with one attached hydrogen (secondary N) is 1. The molecule has 0 unspecified atom stereocenters. The van der Waals surface area contributed by atoms with Crippen LogP contribution >= 0.6 is 23.1 Å². The summed E-state index contributed by atoms with van der Waals surface area (Å²) in [4.78, 5) is 17.8. The Morgan fingerprint density at radius 3 is 3.08 bits per heavy atom. The number of nitrogens with zero attached hydrogens (tertiary/aromatic N) is 2. The highest BCUT2D eigenvalue weighted by Gasteiger charge is 2.18. The molecule has 1 atom stereocenters. The number of hydrogen-bond donors (Lipinski definition) is 1. The second kappa shape index (κ2) is 7.63. The molecule has 26 heavy (non-hydrogen) atoms. The van der Waals surface area contributed by atoms with Gasteiger partial charge in [0.1, 0.15) is 0 Å². The molecule has 2 aromatic heterocycles. The molecule has 1 aliphatic carbocycles. The topological polar surface area (TPSA) is 68.0 Å². The van der Waals surface area contributed by atoms with Crippen molar-refractivity contribution in [2.45, 2.75) is 37.2 Å². The molecule has 7 heteroatoms. The van der Waals surface area contributed by atoms with Gasteiger partial charge in [0, 0.05) is 5.69 Å². The Labute approximate surface area is 160 Å². The number of benzene rings is 1. The molecular formula is C19H19N3O2S2. The summed E-state index contributed by atoms with van der Waals surface area (Å²) in [7, 11) is 0. The normalized spacial score (nSPS) is 14.2. The number of rotatable bonds is 6. The molecule has 3 aromatic rings. The average Bonchev–Trinajstić information content (AvgIpc) is 3.39. The zero-order chi connectivity index (χ0) is 17.9. The van der Waals surface area contributed by atoms with Gasteiger partial charge in [-0.3, -0.25) is 4.79 Å². The van der Waals surface area contributed by atoms with Crippen LogP contribution < -0.4 is 5.32 Å². The van der Waals surface area contributed by atoms with Gasteiger partial charge >= 0.3 is 0 Å². The fourth-order valence-electron chi connectivity index (χ4n) is 2.98. The molecule has 5 nitrogen and oxygen atoms in total. The number of hydrogen-bond acceptors (Lipinski definition) is 6. The second-order valence-electron chi connectivity index (χ2n) is 6.27. The predicted molar refractivity (Wildman–Crippen MR) is 105 cm³/mol. The smallest absolute Gasteiger partial charge is 0.237 e. The van der Waals surface area contributed by atoms with Crippen LogP contribution in [-0.4, -0.2) is 21.3 Å². The van der Waals surface area contributed by atoms with Gasteiger partial charge in [-0.2, -0.15) is 4.98 Å². The minimum atomic E-state index is -0.208. The van der Waals surface area contributed by atoms with Crippen molar-refractivity contribution in [3.8, 4) is 10.7 Å². The largest absolute Gasteiger partial charge is 0.338 e. The third kappa shape index (κ3) is 3.83. The molecule has 4 rings (SSSR count). The zero-order valence-corrected chi connectivity index (χ0v) is 16.0. The number of carbonyl (C=O) groups is 1. The first-order valence-corrected chi connectivity index (χ1v) is 10.5. The van der Waals surface area contributed by atoms with Crippen molar-refractivity contribution in [3.05, 3.63) is 52.7 Å². The third-order valence-electron chi connectivity index (χ3n) is 4.40. The van der Waals surface area contributed by atoms with Crippen molar-refractivity contribution in [1.82, 2.24) is 10.1 Å². The van der Waals surface area contributed by atoms with Crippen LogP contribution in [0.3, 0.4) is 0 Å². The molecule has 1 aromatic carbocycles. The van der Waals surface area contributed by atoms with Gasteiger partial charge in [-0.1, -0.05) is 17.3 Å². The van der Waals surface area contributed by atoms with E-state index in [1.165, 1.54) is 29.3 Å². The summed E-state index contributed by atoms with van der Waals surface area (Å²) >= 11 is 3.06. The van der Waals surface area contributed by atoms with Gasteiger partial charge in [-0.05, 0) is 60.9 Å². The Hall–Kier alpha value is -2.12. The lowest BCUT2D eigenvalue weighted by Crippen LogP contribution is -2.22. The van der Waals surface area contributed by atoms with Crippen LogP contribution in [-0.2, 0) is 23.4 Å². The van der Waals surface area contributed by atoms with Crippen molar-refractivity contribution in [1.29, 1.82) is 0 Å².